The second kappa shape index (κ2) is 14.0. The Morgan fingerprint density at radius 3 is 2.63 bits per heavy atom. The molecule has 5 rings (SSSR count). The zero-order valence-corrected chi connectivity index (χ0v) is 25.4. The summed E-state index contributed by atoms with van der Waals surface area (Å²) in [5.41, 5.74) is 1.91. The van der Waals surface area contributed by atoms with E-state index in [9.17, 15) is 0 Å². The van der Waals surface area contributed by atoms with Crippen LogP contribution in [-0.4, -0.2) is 84.7 Å². The molecule has 0 aliphatic carbocycles. The van der Waals surface area contributed by atoms with E-state index in [0.717, 1.165) is 62.2 Å². The van der Waals surface area contributed by atoms with Crippen LogP contribution < -0.4 is 20.3 Å². The van der Waals surface area contributed by atoms with Crippen LogP contribution in [0.1, 0.15) is 12.5 Å². The number of thiocarbonyl (C=S) groups is 1. The van der Waals surface area contributed by atoms with Gasteiger partial charge in [-0.15, -0.1) is 0 Å². The number of nitrogens with zero attached hydrogens (tertiary/aromatic N) is 4. The first-order valence-corrected chi connectivity index (χ1v) is 15.1. The van der Waals surface area contributed by atoms with Crippen LogP contribution in [0.2, 0.25) is 10.0 Å². The van der Waals surface area contributed by atoms with E-state index in [0.29, 0.717) is 29.8 Å². The van der Waals surface area contributed by atoms with E-state index >= 15 is 0 Å². The zero-order valence-electron chi connectivity index (χ0n) is 23.1. The van der Waals surface area contributed by atoms with Gasteiger partial charge in [-0.25, -0.2) is 4.98 Å². The molecule has 2 aliphatic rings. The normalized spacial score (nSPS) is 21.1. The summed E-state index contributed by atoms with van der Waals surface area (Å²) < 4.78 is 20.8. The minimum atomic E-state index is -1.07. The van der Waals surface area contributed by atoms with Gasteiger partial charge in [-0.1, -0.05) is 29.3 Å². The maximum atomic E-state index is 6.57. The summed E-state index contributed by atoms with van der Waals surface area (Å²) in [4.78, 5) is 9.02. The highest BCUT2D eigenvalue weighted by Gasteiger charge is 2.45. The third-order valence-electron chi connectivity index (χ3n) is 7.21. The lowest BCUT2D eigenvalue weighted by atomic mass is 10.1. The Balaban J connectivity index is 1.12. The van der Waals surface area contributed by atoms with Crippen LogP contribution in [0.4, 0.5) is 5.69 Å². The number of rotatable bonds is 11. The number of anilines is 1. The summed E-state index contributed by atoms with van der Waals surface area (Å²) in [6.45, 7) is 9.83. The summed E-state index contributed by atoms with van der Waals surface area (Å²) in [5.74, 6) is -0.285. The Labute approximate surface area is 256 Å². The Kier molecular flexibility index (Phi) is 10.2. The molecule has 41 heavy (non-hydrogen) atoms. The van der Waals surface area contributed by atoms with E-state index in [1.807, 2.05) is 35.9 Å². The van der Waals surface area contributed by atoms with Crippen LogP contribution in [0.25, 0.3) is 0 Å². The number of nitrogens with one attached hydrogen (secondary N) is 2. The second-order valence-corrected chi connectivity index (χ2v) is 11.3. The fourth-order valence-electron chi connectivity index (χ4n) is 5.10. The smallest absolute Gasteiger partial charge is 0.215 e. The molecule has 2 fully saturated rings. The maximum Gasteiger partial charge on any atom is 0.215 e. The van der Waals surface area contributed by atoms with Gasteiger partial charge in [-0.2, -0.15) is 0 Å². The molecule has 2 aromatic carbocycles. The van der Waals surface area contributed by atoms with Gasteiger partial charge in [0.25, 0.3) is 0 Å². The molecule has 2 atom stereocenters. The number of imidazole rings is 1. The van der Waals surface area contributed by atoms with Gasteiger partial charge in [0.15, 0.2) is 5.11 Å². The van der Waals surface area contributed by atoms with Gasteiger partial charge in [0.05, 0.1) is 24.5 Å². The van der Waals surface area contributed by atoms with Crippen molar-refractivity contribution >= 4 is 46.2 Å². The molecule has 3 aromatic rings. The number of hydrogen-bond acceptors (Lipinski definition) is 7. The van der Waals surface area contributed by atoms with E-state index in [4.69, 9.17) is 49.6 Å². The predicted octanol–water partition coefficient (Wildman–Crippen LogP) is 4.14. The number of halogens is 2. The largest absolute Gasteiger partial charge is 0.491 e. The first-order chi connectivity index (χ1) is 19.9. The van der Waals surface area contributed by atoms with Crippen molar-refractivity contribution in [3.8, 4) is 5.75 Å². The molecule has 0 spiro atoms. The maximum absolute atomic E-state index is 6.57. The van der Waals surface area contributed by atoms with E-state index in [2.05, 4.69) is 37.6 Å². The third-order valence-corrected chi connectivity index (χ3v) is 8.05. The van der Waals surface area contributed by atoms with Gasteiger partial charge >= 0.3 is 0 Å². The molecule has 220 valence electrons. The van der Waals surface area contributed by atoms with Crippen molar-refractivity contribution in [3.05, 3.63) is 76.8 Å². The fraction of sp³-hybridized carbons (Fsp3) is 0.448. The number of benzene rings is 2. The summed E-state index contributed by atoms with van der Waals surface area (Å²) >= 11 is 18.0. The van der Waals surface area contributed by atoms with Crippen LogP contribution in [-0.2, 0) is 21.8 Å². The summed E-state index contributed by atoms with van der Waals surface area (Å²) in [7, 11) is 0. The highest BCUT2D eigenvalue weighted by atomic mass is 35.5. The second-order valence-electron chi connectivity index (χ2n) is 10.1. The van der Waals surface area contributed by atoms with Crippen molar-refractivity contribution in [1.29, 1.82) is 0 Å². The van der Waals surface area contributed by atoms with Crippen LogP contribution in [0.5, 0.6) is 5.75 Å². The molecule has 2 aliphatic heterocycles. The minimum absolute atomic E-state index is 0.278. The van der Waals surface area contributed by atoms with Gasteiger partial charge in [0.2, 0.25) is 5.79 Å². The first kappa shape index (κ1) is 29.9. The Morgan fingerprint density at radius 2 is 1.93 bits per heavy atom. The lowest BCUT2D eigenvalue weighted by Crippen LogP contribution is -2.49. The average Bonchev–Trinajstić information content (AvgIpc) is 3.63. The van der Waals surface area contributed by atoms with Crippen molar-refractivity contribution < 1.29 is 14.2 Å². The quantitative estimate of drug-likeness (QED) is 0.308. The zero-order chi connectivity index (χ0) is 28.7. The molecule has 2 saturated heterocycles. The minimum Gasteiger partial charge on any atom is -0.491 e. The molecular formula is C29H36Cl2N6O3S. The Hall–Kier alpha value is -2.60. The van der Waals surface area contributed by atoms with Crippen LogP contribution in [0.15, 0.2) is 61.2 Å². The monoisotopic (exact) mass is 618 g/mol. The third kappa shape index (κ3) is 7.82. The van der Waals surface area contributed by atoms with Crippen LogP contribution in [0.3, 0.4) is 0 Å². The molecule has 0 bridgehead atoms. The predicted molar refractivity (Wildman–Crippen MR) is 166 cm³/mol. The summed E-state index contributed by atoms with van der Waals surface area (Å²) in [6.07, 6.45) is 5.03. The van der Waals surface area contributed by atoms with Crippen molar-refractivity contribution in [1.82, 2.24) is 25.1 Å². The van der Waals surface area contributed by atoms with Gasteiger partial charge in [-0.05, 0) is 55.5 Å². The van der Waals surface area contributed by atoms with E-state index < -0.39 is 5.79 Å². The lowest BCUT2D eigenvalue weighted by Gasteiger charge is -2.36. The van der Waals surface area contributed by atoms with Gasteiger partial charge in [0, 0.05) is 74.5 Å². The molecule has 0 amide bonds. The van der Waals surface area contributed by atoms with E-state index in [1.54, 1.807) is 24.7 Å². The molecule has 0 unspecified atom stereocenters. The van der Waals surface area contributed by atoms with Gasteiger partial charge in [0.1, 0.15) is 18.5 Å². The molecule has 0 radical (unpaired) electrons. The van der Waals surface area contributed by atoms with E-state index in [-0.39, 0.29) is 6.10 Å². The molecule has 2 N–H and O–H groups in total. The van der Waals surface area contributed by atoms with Crippen molar-refractivity contribution in [2.45, 2.75) is 25.4 Å². The van der Waals surface area contributed by atoms with Crippen LogP contribution in [0, 0.1) is 0 Å². The topological polar surface area (TPSA) is 76.0 Å². The Bertz CT molecular complexity index is 1270. The standard InChI is InChI=1S/C29H36Cl2N6O3S/c1-2-33-28(41)34-10-12-35-13-15-37(16-14-35)23-4-6-24(7-5-23)38-18-25-19-39-29(40-25,20-36-11-9-32-21-36)26-8-3-22(30)17-27(26)31/h3-9,11,17,21,25H,2,10,12-16,18-20H2,1H3,(H2,33,34,41)/t25-,29-/m1/s1. The Morgan fingerprint density at radius 1 is 1.12 bits per heavy atom. The SMILES string of the molecule is CCNC(=S)NCCN1CCN(c2ccc(OC[C@@H]3CO[C@@](Cn4ccnc4)(c4ccc(Cl)cc4Cl)O3)cc2)CC1. The number of ether oxygens (including phenoxy) is 3. The van der Waals surface area contributed by atoms with Gasteiger partial charge < -0.3 is 34.3 Å². The highest BCUT2D eigenvalue weighted by molar-refractivity contribution is 7.80. The molecule has 1 aromatic heterocycles. The van der Waals surface area contributed by atoms with Crippen molar-refractivity contribution in [2.75, 3.05) is 63.9 Å². The number of hydrogen-bond donors (Lipinski definition) is 2. The molecule has 12 heteroatoms. The van der Waals surface area contributed by atoms with Crippen molar-refractivity contribution in [3.63, 3.8) is 0 Å². The van der Waals surface area contributed by atoms with Crippen molar-refractivity contribution in [2.24, 2.45) is 0 Å². The number of piperazine rings is 1. The molecule has 9 nitrogen and oxygen atoms in total. The first-order valence-electron chi connectivity index (χ1n) is 13.9. The molecule has 3 heterocycles. The van der Waals surface area contributed by atoms with Crippen LogP contribution >= 0.6 is 35.4 Å². The number of aromatic nitrogens is 2. The molecular weight excluding hydrogens is 583 g/mol. The fourth-order valence-corrected chi connectivity index (χ4v) is 5.90. The lowest BCUT2D eigenvalue weighted by molar-refractivity contribution is -0.189. The van der Waals surface area contributed by atoms with E-state index in [1.165, 1.54) is 5.69 Å². The summed E-state index contributed by atoms with van der Waals surface area (Å²) in [5, 5.41) is 8.14. The molecule has 0 saturated carbocycles. The van der Waals surface area contributed by atoms with Gasteiger partial charge in [-0.3, -0.25) is 4.90 Å². The highest BCUT2D eigenvalue weighted by Crippen LogP contribution is 2.40. The summed E-state index contributed by atoms with van der Waals surface area (Å²) in [6, 6.07) is 13.6. The average molecular weight is 620 g/mol.